The predicted octanol–water partition coefficient (Wildman–Crippen LogP) is 1.80. The molecule has 0 amide bonds. The summed E-state index contributed by atoms with van der Waals surface area (Å²) < 4.78 is 2.61. The molecule has 6 heteroatoms. The second-order valence-corrected chi connectivity index (χ2v) is 4.13. The van der Waals surface area contributed by atoms with Gasteiger partial charge in [0.15, 0.2) is 9.78 Å². The number of nitrogens with one attached hydrogen (secondary N) is 1. The molecule has 0 atom stereocenters. The Labute approximate surface area is 78.2 Å². The largest absolute Gasteiger partial charge is 0.271 e. The van der Waals surface area contributed by atoms with Gasteiger partial charge in [-0.2, -0.15) is 0 Å². The van der Waals surface area contributed by atoms with Gasteiger partial charge in [-0.1, -0.05) is 18.3 Å². The second kappa shape index (κ2) is 2.95. The highest BCUT2D eigenvalue weighted by Gasteiger charge is 2.05. The summed E-state index contributed by atoms with van der Waals surface area (Å²) in [4.78, 5) is 0.850. The van der Waals surface area contributed by atoms with Crippen LogP contribution >= 0.6 is 23.6 Å². The summed E-state index contributed by atoms with van der Waals surface area (Å²) in [5.74, 6) is 0.958. The number of nitrogens with zero attached hydrogens (tertiary/aromatic N) is 3. The van der Waals surface area contributed by atoms with Gasteiger partial charge in [0.2, 0.25) is 4.96 Å². The maximum Gasteiger partial charge on any atom is 0.233 e. The Kier molecular flexibility index (Phi) is 1.93. The molecule has 0 bridgehead atoms. The topological polar surface area (TPSA) is 46.0 Å². The first kappa shape index (κ1) is 7.88. The lowest BCUT2D eigenvalue weighted by Gasteiger charge is -1.90. The van der Waals surface area contributed by atoms with Crippen LogP contribution in [-0.2, 0) is 6.42 Å². The highest BCUT2D eigenvalue weighted by atomic mass is 32.1. The summed E-state index contributed by atoms with van der Waals surface area (Å²) in [7, 11) is 0. The Morgan fingerprint density at radius 3 is 3.17 bits per heavy atom. The van der Waals surface area contributed by atoms with Gasteiger partial charge in [0.05, 0.1) is 0 Å². The van der Waals surface area contributed by atoms with E-state index in [1.54, 1.807) is 0 Å². The van der Waals surface area contributed by atoms with E-state index in [-0.39, 0.29) is 0 Å². The van der Waals surface area contributed by atoms with Crippen molar-refractivity contribution in [1.29, 1.82) is 0 Å². The van der Waals surface area contributed by atoms with Gasteiger partial charge in [-0.3, -0.25) is 5.10 Å². The standard InChI is InChI=1S/C6H8N4S2/c1-2-3-4-7-8-5-10(4)9-6(11)12-5/h2-3H2,1H3,(H,9,11). The first-order valence-corrected chi connectivity index (χ1v) is 4.97. The maximum atomic E-state index is 4.98. The van der Waals surface area contributed by atoms with E-state index in [4.69, 9.17) is 12.2 Å². The minimum absolute atomic E-state index is 0.747. The van der Waals surface area contributed by atoms with E-state index in [2.05, 4.69) is 22.2 Å². The van der Waals surface area contributed by atoms with E-state index in [1.165, 1.54) is 11.3 Å². The maximum absolute atomic E-state index is 4.98. The molecule has 0 radical (unpaired) electrons. The van der Waals surface area contributed by atoms with Crippen LogP contribution < -0.4 is 0 Å². The van der Waals surface area contributed by atoms with Crippen molar-refractivity contribution in [3.63, 3.8) is 0 Å². The molecule has 12 heavy (non-hydrogen) atoms. The van der Waals surface area contributed by atoms with E-state index < -0.39 is 0 Å². The zero-order valence-corrected chi connectivity index (χ0v) is 8.21. The third kappa shape index (κ3) is 1.16. The van der Waals surface area contributed by atoms with Crippen molar-refractivity contribution >= 4 is 28.5 Å². The molecule has 0 spiro atoms. The van der Waals surface area contributed by atoms with E-state index in [0.717, 1.165) is 27.6 Å². The average molecular weight is 200 g/mol. The fraction of sp³-hybridized carbons (Fsp3) is 0.500. The summed E-state index contributed by atoms with van der Waals surface area (Å²) in [6, 6.07) is 0. The summed E-state index contributed by atoms with van der Waals surface area (Å²) >= 11 is 6.43. The van der Waals surface area contributed by atoms with Gasteiger partial charge in [-0.05, 0) is 18.6 Å². The van der Waals surface area contributed by atoms with Gasteiger partial charge in [0.25, 0.3) is 0 Å². The van der Waals surface area contributed by atoms with Crippen LogP contribution in [0.4, 0.5) is 0 Å². The number of fused-ring (bicyclic) bond motifs is 1. The van der Waals surface area contributed by atoms with Crippen LogP contribution in [0.25, 0.3) is 4.96 Å². The smallest absolute Gasteiger partial charge is 0.233 e. The van der Waals surface area contributed by atoms with E-state index in [1.807, 2.05) is 4.52 Å². The van der Waals surface area contributed by atoms with Crippen molar-refractivity contribution in [2.24, 2.45) is 0 Å². The molecule has 0 aliphatic heterocycles. The van der Waals surface area contributed by atoms with E-state index in [9.17, 15) is 0 Å². The Hall–Kier alpha value is -0.750. The minimum Gasteiger partial charge on any atom is -0.271 e. The molecule has 0 aliphatic carbocycles. The summed E-state index contributed by atoms with van der Waals surface area (Å²) in [5, 5.41) is 11.0. The third-order valence-corrected chi connectivity index (χ3v) is 2.63. The van der Waals surface area contributed by atoms with Crippen LogP contribution in [0.3, 0.4) is 0 Å². The van der Waals surface area contributed by atoms with Gasteiger partial charge in [-0.25, -0.2) is 4.52 Å². The molecule has 0 aromatic carbocycles. The number of hydrogen-bond donors (Lipinski definition) is 1. The molecule has 0 saturated carbocycles. The van der Waals surface area contributed by atoms with Crippen LogP contribution in [-0.4, -0.2) is 19.8 Å². The molecule has 2 rings (SSSR count). The molecule has 0 aliphatic rings. The van der Waals surface area contributed by atoms with Crippen LogP contribution in [0.15, 0.2) is 0 Å². The zero-order valence-electron chi connectivity index (χ0n) is 6.57. The van der Waals surface area contributed by atoms with Crippen LogP contribution in [0.2, 0.25) is 0 Å². The van der Waals surface area contributed by atoms with Crippen molar-refractivity contribution in [1.82, 2.24) is 19.8 Å². The van der Waals surface area contributed by atoms with Crippen molar-refractivity contribution < 1.29 is 0 Å². The van der Waals surface area contributed by atoms with Gasteiger partial charge in [0.1, 0.15) is 0 Å². The van der Waals surface area contributed by atoms with Crippen LogP contribution in [0.5, 0.6) is 0 Å². The molecule has 0 unspecified atom stereocenters. The van der Waals surface area contributed by atoms with E-state index in [0.29, 0.717) is 0 Å². The summed E-state index contributed by atoms with van der Waals surface area (Å²) in [5.41, 5.74) is 0. The molecule has 2 aromatic heterocycles. The highest BCUT2D eigenvalue weighted by Crippen LogP contribution is 2.10. The zero-order chi connectivity index (χ0) is 8.55. The number of H-pyrrole nitrogens is 1. The Bertz CT molecular complexity index is 438. The number of aryl methyl sites for hydroxylation is 1. The SMILES string of the molecule is CCCc1nnc2sc(=S)[nH]n12. The molecule has 2 aromatic rings. The Morgan fingerprint density at radius 2 is 2.42 bits per heavy atom. The van der Waals surface area contributed by atoms with Crippen molar-refractivity contribution in [3.05, 3.63) is 9.78 Å². The number of rotatable bonds is 2. The number of hydrogen-bond acceptors (Lipinski definition) is 4. The normalized spacial score (nSPS) is 11.1. The molecule has 1 N–H and O–H groups in total. The van der Waals surface area contributed by atoms with E-state index >= 15 is 0 Å². The fourth-order valence-corrected chi connectivity index (χ4v) is 2.00. The molecular weight excluding hydrogens is 192 g/mol. The van der Waals surface area contributed by atoms with Crippen LogP contribution in [0.1, 0.15) is 19.2 Å². The van der Waals surface area contributed by atoms with Gasteiger partial charge in [-0.15, -0.1) is 10.2 Å². The van der Waals surface area contributed by atoms with Crippen molar-refractivity contribution in [2.75, 3.05) is 0 Å². The lowest BCUT2D eigenvalue weighted by atomic mass is 10.3. The highest BCUT2D eigenvalue weighted by molar-refractivity contribution is 7.73. The quantitative estimate of drug-likeness (QED) is 0.752. The monoisotopic (exact) mass is 200 g/mol. The fourth-order valence-electron chi connectivity index (χ4n) is 1.06. The third-order valence-electron chi connectivity index (χ3n) is 1.56. The molecule has 64 valence electrons. The number of aromatic amines is 1. The Balaban J connectivity index is 2.60. The average Bonchev–Trinajstić information content (AvgIpc) is 2.52. The molecule has 0 saturated heterocycles. The first-order valence-electron chi connectivity index (χ1n) is 3.74. The molecular formula is C6H8N4S2. The molecule has 4 nitrogen and oxygen atoms in total. The summed E-state index contributed by atoms with van der Waals surface area (Å²) in [6.45, 7) is 2.11. The van der Waals surface area contributed by atoms with Gasteiger partial charge < -0.3 is 0 Å². The Morgan fingerprint density at radius 1 is 1.58 bits per heavy atom. The lowest BCUT2D eigenvalue weighted by molar-refractivity contribution is 0.775. The first-order chi connectivity index (χ1) is 5.81. The second-order valence-electron chi connectivity index (χ2n) is 2.49. The molecule has 0 fully saturated rings. The van der Waals surface area contributed by atoms with Gasteiger partial charge in [0, 0.05) is 6.42 Å². The minimum atomic E-state index is 0.747. The van der Waals surface area contributed by atoms with Gasteiger partial charge >= 0.3 is 0 Å². The van der Waals surface area contributed by atoms with Crippen molar-refractivity contribution in [3.8, 4) is 0 Å². The molecule has 2 heterocycles. The van der Waals surface area contributed by atoms with Crippen molar-refractivity contribution in [2.45, 2.75) is 19.8 Å². The summed E-state index contributed by atoms with van der Waals surface area (Å²) in [6.07, 6.45) is 2.00. The number of aromatic nitrogens is 4. The predicted molar refractivity (Wildman–Crippen MR) is 50.0 cm³/mol. The van der Waals surface area contributed by atoms with Crippen LogP contribution in [0, 0.1) is 3.95 Å². The lowest BCUT2D eigenvalue weighted by Crippen LogP contribution is -1.94.